The number of rotatable bonds is 43. The molecule has 0 amide bonds. The number of hydrogen-bond donors (Lipinski definition) is 1. The smallest absolute Gasteiger partial charge is 0.306 e. The molecule has 0 spiro atoms. The van der Waals surface area contributed by atoms with Gasteiger partial charge in [-0.1, -0.05) is 205 Å². The Labute approximate surface area is 325 Å². The van der Waals surface area contributed by atoms with Crippen molar-refractivity contribution in [1.29, 1.82) is 0 Å². The predicted octanol–water partition coefficient (Wildman–Crippen LogP) is 16.3. The molecule has 306 valence electrons. The highest BCUT2D eigenvalue weighted by molar-refractivity contribution is 5.69. The van der Waals surface area contributed by atoms with Crippen LogP contribution < -0.4 is 0 Å². The molecule has 0 aliphatic rings. The van der Waals surface area contributed by atoms with Crippen LogP contribution in [0.4, 0.5) is 0 Å². The van der Waals surface area contributed by atoms with Crippen molar-refractivity contribution in [2.75, 3.05) is 0 Å². The molecule has 0 aromatic heterocycles. The van der Waals surface area contributed by atoms with Gasteiger partial charge in [0.25, 0.3) is 0 Å². The Morgan fingerprint density at radius 2 is 0.750 bits per heavy atom. The van der Waals surface area contributed by atoms with E-state index in [-0.39, 0.29) is 18.5 Å². The van der Waals surface area contributed by atoms with Crippen LogP contribution in [-0.2, 0) is 14.3 Å². The van der Waals surface area contributed by atoms with Gasteiger partial charge in [0.2, 0.25) is 0 Å². The van der Waals surface area contributed by atoms with Crippen LogP contribution in [0.3, 0.4) is 0 Å². The number of hydrogen-bond acceptors (Lipinski definition) is 3. The van der Waals surface area contributed by atoms with Crippen LogP contribution >= 0.6 is 0 Å². The number of unbranched alkanes of at least 4 members (excludes halogenated alkanes) is 30. The number of esters is 1. The Morgan fingerprint density at radius 3 is 1.19 bits per heavy atom. The number of carboxylic acids is 1. The molecule has 1 atom stereocenters. The van der Waals surface area contributed by atoms with Crippen molar-refractivity contribution in [2.45, 2.75) is 270 Å². The van der Waals surface area contributed by atoms with E-state index in [1.165, 1.54) is 186 Å². The third kappa shape index (κ3) is 42.8. The van der Waals surface area contributed by atoms with Gasteiger partial charge in [-0.3, -0.25) is 9.59 Å². The molecule has 0 aromatic rings. The second-order valence-electron chi connectivity index (χ2n) is 15.9. The molecule has 0 radical (unpaired) electrons. The molecule has 0 bridgehead atoms. The monoisotopic (exact) mass is 731 g/mol. The van der Waals surface area contributed by atoms with Crippen LogP contribution in [0.2, 0.25) is 0 Å². The van der Waals surface area contributed by atoms with E-state index in [9.17, 15) is 9.59 Å². The minimum Gasteiger partial charge on any atom is -0.481 e. The van der Waals surface area contributed by atoms with E-state index < -0.39 is 5.97 Å². The first-order chi connectivity index (χ1) is 25.6. The maximum Gasteiger partial charge on any atom is 0.306 e. The summed E-state index contributed by atoms with van der Waals surface area (Å²) in [6.07, 6.45) is 56.4. The summed E-state index contributed by atoms with van der Waals surface area (Å²) in [4.78, 5) is 23.6. The van der Waals surface area contributed by atoms with E-state index in [4.69, 9.17) is 9.84 Å². The average molecular weight is 731 g/mol. The lowest BCUT2D eigenvalue weighted by atomic mass is 10.0. The van der Waals surface area contributed by atoms with Gasteiger partial charge in [-0.05, 0) is 70.6 Å². The van der Waals surface area contributed by atoms with Crippen LogP contribution in [0, 0.1) is 0 Å². The Balaban J connectivity index is 3.78. The zero-order valence-electron chi connectivity index (χ0n) is 35.1. The number of carbonyl (C=O) groups is 2. The number of carbonyl (C=O) groups excluding carboxylic acids is 1. The second kappa shape index (κ2) is 43.8. The van der Waals surface area contributed by atoms with Gasteiger partial charge >= 0.3 is 11.9 Å². The quantitative estimate of drug-likeness (QED) is 0.0385. The molecule has 0 aliphatic carbocycles. The standard InChI is InChI=1S/C48H90O4/c1-3-5-7-9-11-13-15-17-19-21-22-23-24-25-27-29-31-33-35-37-39-45-48(51)52-46(43-40-41-44-47(49)50)42-38-36-34-32-30-28-26-20-18-16-14-12-10-8-6-4-2/h11,13,17,19,46H,3-10,12,14-16,18,20-45H2,1-2H3,(H,49,50)/b13-11-,19-17-. The van der Waals surface area contributed by atoms with Crippen LogP contribution in [0.25, 0.3) is 0 Å². The van der Waals surface area contributed by atoms with Crippen LogP contribution in [0.15, 0.2) is 24.3 Å². The minimum absolute atomic E-state index is 0.0447. The van der Waals surface area contributed by atoms with Gasteiger partial charge in [0.1, 0.15) is 6.10 Å². The number of carboxylic acid groups (broad SMARTS) is 1. The fourth-order valence-corrected chi connectivity index (χ4v) is 7.22. The first-order valence-corrected chi connectivity index (χ1v) is 23.3. The molecule has 0 saturated carbocycles. The van der Waals surface area contributed by atoms with Crippen molar-refractivity contribution >= 4 is 11.9 Å². The highest BCUT2D eigenvalue weighted by Crippen LogP contribution is 2.19. The summed E-state index contributed by atoms with van der Waals surface area (Å²) in [7, 11) is 0. The Bertz CT molecular complexity index is 787. The van der Waals surface area contributed by atoms with Gasteiger partial charge < -0.3 is 9.84 Å². The zero-order valence-corrected chi connectivity index (χ0v) is 35.1. The number of aliphatic carboxylic acids is 1. The lowest BCUT2D eigenvalue weighted by Crippen LogP contribution is -2.18. The molecule has 0 aromatic carbocycles. The fraction of sp³-hybridized carbons (Fsp3) is 0.875. The Hall–Kier alpha value is -1.58. The first-order valence-electron chi connectivity index (χ1n) is 23.3. The Morgan fingerprint density at radius 1 is 0.423 bits per heavy atom. The highest BCUT2D eigenvalue weighted by atomic mass is 16.5. The second-order valence-corrected chi connectivity index (χ2v) is 15.9. The molecule has 0 saturated heterocycles. The third-order valence-electron chi connectivity index (χ3n) is 10.7. The molecule has 4 nitrogen and oxygen atoms in total. The van der Waals surface area contributed by atoms with E-state index >= 15 is 0 Å². The molecule has 0 fully saturated rings. The molecule has 52 heavy (non-hydrogen) atoms. The van der Waals surface area contributed by atoms with E-state index in [1.807, 2.05) is 0 Å². The van der Waals surface area contributed by atoms with Crippen molar-refractivity contribution in [3.63, 3.8) is 0 Å². The summed E-state index contributed by atoms with van der Waals surface area (Å²) >= 11 is 0. The molecule has 1 N–H and O–H groups in total. The summed E-state index contributed by atoms with van der Waals surface area (Å²) in [5.41, 5.74) is 0. The summed E-state index contributed by atoms with van der Waals surface area (Å²) < 4.78 is 5.93. The van der Waals surface area contributed by atoms with Crippen molar-refractivity contribution in [3.05, 3.63) is 24.3 Å². The maximum atomic E-state index is 12.6. The summed E-state index contributed by atoms with van der Waals surface area (Å²) in [6.45, 7) is 4.54. The molecular formula is C48H90O4. The van der Waals surface area contributed by atoms with Crippen LogP contribution in [0.1, 0.15) is 264 Å². The largest absolute Gasteiger partial charge is 0.481 e. The normalized spacial score (nSPS) is 12.3. The average Bonchev–Trinajstić information content (AvgIpc) is 3.13. The lowest BCUT2D eigenvalue weighted by molar-refractivity contribution is -0.150. The topological polar surface area (TPSA) is 63.6 Å². The van der Waals surface area contributed by atoms with Gasteiger partial charge in [0, 0.05) is 12.8 Å². The maximum absolute atomic E-state index is 12.6. The van der Waals surface area contributed by atoms with Gasteiger partial charge in [-0.15, -0.1) is 0 Å². The molecule has 0 rings (SSSR count). The number of ether oxygens (including phenoxy) is 1. The summed E-state index contributed by atoms with van der Waals surface area (Å²) in [5.74, 6) is -0.790. The van der Waals surface area contributed by atoms with E-state index in [1.54, 1.807) is 0 Å². The van der Waals surface area contributed by atoms with Gasteiger partial charge in [0.15, 0.2) is 0 Å². The molecule has 4 heteroatoms. The lowest BCUT2D eigenvalue weighted by Gasteiger charge is -2.18. The van der Waals surface area contributed by atoms with Crippen molar-refractivity contribution < 1.29 is 19.4 Å². The number of allylic oxidation sites excluding steroid dienone is 4. The third-order valence-corrected chi connectivity index (χ3v) is 10.7. The predicted molar refractivity (Wildman–Crippen MR) is 227 cm³/mol. The molecule has 0 heterocycles. The summed E-state index contributed by atoms with van der Waals surface area (Å²) in [5, 5.41) is 8.99. The first kappa shape index (κ1) is 50.4. The van der Waals surface area contributed by atoms with Gasteiger partial charge in [0.05, 0.1) is 0 Å². The molecule has 1 unspecified atom stereocenters. The van der Waals surface area contributed by atoms with Crippen LogP contribution in [0.5, 0.6) is 0 Å². The fourth-order valence-electron chi connectivity index (χ4n) is 7.22. The van der Waals surface area contributed by atoms with Crippen molar-refractivity contribution in [3.8, 4) is 0 Å². The minimum atomic E-state index is -0.739. The SMILES string of the molecule is CCCCC/C=C\C/C=C\CCCCCCCCCCCCCC(=O)OC(CCCCCCCCCCCCCCCCCC)CCCCC(=O)O. The van der Waals surface area contributed by atoms with Gasteiger partial charge in [-0.2, -0.15) is 0 Å². The molecule has 0 aliphatic heterocycles. The van der Waals surface area contributed by atoms with Crippen molar-refractivity contribution in [1.82, 2.24) is 0 Å². The Kier molecular flexibility index (Phi) is 42.5. The van der Waals surface area contributed by atoms with Crippen LogP contribution in [-0.4, -0.2) is 23.1 Å². The summed E-state index contributed by atoms with van der Waals surface area (Å²) in [6, 6.07) is 0. The van der Waals surface area contributed by atoms with E-state index in [2.05, 4.69) is 38.2 Å². The highest BCUT2D eigenvalue weighted by Gasteiger charge is 2.14. The van der Waals surface area contributed by atoms with Gasteiger partial charge in [-0.25, -0.2) is 0 Å². The zero-order chi connectivity index (χ0) is 37.8. The van der Waals surface area contributed by atoms with E-state index in [0.29, 0.717) is 12.8 Å². The molecular weight excluding hydrogens is 641 g/mol. The van der Waals surface area contributed by atoms with Crippen molar-refractivity contribution in [2.24, 2.45) is 0 Å². The van der Waals surface area contributed by atoms with E-state index in [0.717, 1.165) is 44.9 Å².